The van der Waals surface area contributed by atoms with Crippen LogP contribution >= 0.6 is 11.3 Å². The highest BCUT2D eigenvalue weighted by Crippen LogP contribution is 2.39. The maximum atomic E-state index is 12.4. The third kappa shape index (κ3) is 4.01. The number of thiophene rings is 1. The molecule has 0 unspecified atom stereocenters. The zero-order valence-corrected chi connectivity index (χ0v) is 16.8. The van der Waals surface area contributed by atoms with Gasteiger partial charge >= 0.3 is 11.9 Å². The van der Waals surface area contributed by atoms with E-state index >= 15 is 0 Å². The van der Waals surface area contributed by atoms with Crippen LogP contribution in [0, 0.1) is 6.92 Å². The second-order valence-electron chi connectivity index (χ2n) is 6.48. The van der Waals surface area contributed by atoms with E-state index in [0.29, 0.717) is 16.1 Å². The Morgan fingerprint density at radius 1 is 1.11 bits per heavy atom. The Morgan fingerprint density at radius 3 is 2.54 bits per heavy atom. The number of ether oxygens (including phenoxy) is 2. The number of amides is 1. The van der Waals surface area contributed by atoms with Crippen LogP contribution in [0.2, 0.25) is 0 Å². The van der Waals surface area contributed by atoms with E-state index in [9.17, 15) is 14.4 Å². The van der Waals surface area contributed by atoms with E-state index in [1.54, 1.807) is 18.2 Å². The summed E-state index contributed by atoms with van der Waals surface area (Å²) in [6.07, 6.45) is 2.77. The standard InChI is InChI=1S/C20H22N2O5S/c1-11-9-12(19(24)26-2)7-8-14(11)21-10-16(23)22-18-17(20(25)27-3)13-5-4-6-15(13)28-18/h7-9,21H,4-6,10H2,1-3H3,(H,22,23). The minimum Gasteiger partial charge on any atom is -0.465 e. The molecule has 1 aromatic carbocycles. The summed E-state index contributed by atoms with van der Waals surface area (Å²) in [6.45, 7) is 1.87. The molecule has 28 heavy (non-hydrogen) atoms. The number of hydrogen-bond donors (Lipinski definition) is 2. The third-order valence-corrected chi connectivity index (χ3v) is 5.86. The summed E-state index contributed by atoms with van der Waals surface area (Å²) < 4.78 is 9.59. The summed E-state index contributed by atoms with van der Waals surface area (Å²) in [5.74, 6) is -1.09. The first-order valence-electron chi connectivity index (χ1n) is 8.90. The molecule has 3 rings (SSSR count). The van der Waals surface area contributed by atoms with E-state index in [-0.39, 0.29) is 12.5 Å². The molecule has 1 aromatic heterocycles. The minimum absolute atomic E-state index is 0.0294. The van der Waals surface area contributed by atoms with E-state index in [2.05, 4.69) is 10.6 Å². The largest absolute Gasteiger partial charge is 0.465 e. The Kier molecular flexibility index (Phi) is 5.99. The van der Waals surface area contributed by atoms with Gasteiger partial charge < -0.3 is 20.1 Å². The van der Waals surface area contributed by atoms with Gasteiger partial charge in [-0.05, 0) is 55.5 Å². The molecule has 0 saturated heterocycles. The fourth-order valence-corrected chi connectivity index (χ4v) is 4.56. The number of nitrogens with one attached hydrogen (secondary N) is 2. The normalized spacial score (nSPS) is 12.2. The van der Waals surface area contributed by atoms with Crippen molar-refractivity contribution in [3.05, 3.63) is 45.3 Å². The average molecular weight is 402 g/mol. The van der Waals surface area contributed by atoms with Crippen LogP contribution in [-0.4, -0.2) is 38.6 Å². The molecule has 0 fully saturated rings. The number of methoxy groups -OCH3 is 2. The van der Waals surface area contributed by atoms with E-state index in [1.165, 1.54) is 25.6 Å². The molecular weight excluding hydrogens is 380 g/mol. The summed E-state index contributed by atoms with van der Waals surface area (Å²) in [6, 6.07) is 5.07. The highest BCUT2D eigenvalue weighted by atomic mass is 32.1. The van der Waals surface area contributed by atoms with E-state index in [4.69, 9.17) is 9.47 Å². The molecule has 0 atom stereocenters. The first kappa shape index (κ1) is 19.9. The van der Waals surface area contributed by atoms with Crippen molar-refractivity contribution in [2.24, 2.45) is 0 Å². The predicted molar refractivity (Wildman–Crippen MR) is 107 cm³/mol. The molecule has 2 aromatic rings. The van der Waals surface area contributed by atoms with Crippen LogP contribution in [0.3, 0.4) is 0 Å². The van der Waals surface area contributed by atoms with Crippen molar-refractivity contribution in [3.8, 4) is 0 Å². The Balaban J connectivity index is 1.67. The molecule has 0 bridgehead atoms. The quantitative estimate of drug-likeness (QED) is 0.721. The van der Waals surface area contributed by atoms with Crippen LogP contribution in [0.25, 0.3) is 0 Å². The Hall–Kier alpha value is -2.87. The second kappa shape index (κ2) is 8.43. The smallest absolute Gasteiger partial charge is 0.341 e. The van der Waals surface area contributed by atoms with Gasteiger partial charge in [0.15, 0.2) is 0 Å². The summed E-state index contributed by atoms with van der Waals surface area (Å²) in [5.41, 5.74) is 3.48. The van der Waals surface area contributed by atoms with Crippen molar-refractivity contribution in [1.82, 2.24) is 0 Å². The number of anilines is 2. The number of carbonyl (C=O) groups is 3. The molecule has 1 aliphatic rings. The van der Waals surface area contributed by atoms with Gasteiger partial charge in [0.25, 0.3) is 0 Å². The topological polar surface area (TPSA) is 93.7 Å². The number of esters is 2. The predicted octanol–water partition coefficient (Wildman–Crippen LogP) is 3.17. The van der Waals surface area contributed by atoms with Crippen LogP contribution in [0.5, 0.6) is 0 Å². The minimum atomic E-state index is -0.420. The molecule has 0 aliphatic heterocycles. The highest BCUT2D eigenvalue weighted by Gasteiger charge is 2.27. The second-order valence-corrected chi connectivity index (χ2v) is 7.58. The van der Waals surface area contributed by atoms with E-state index in [1.807, 2.05) is 6.92 Å². The first-order chi connectivity index (χ1) is 13.4. The molecule has 7 nitrogen and oxygen atoms in total. The van der Waals surface area contributed by atoms with E-state index < -0.39 is 11.9 Å². The summed E-state index contributed by atoms with van der Waals surface area (Å²) in [7, 11) is 2.67. The summed E-state index contributed by atoms with van der Waals surface area (Å²) in [5, 5.41) is 6.42. The van der Waals surface area contributed by atoms with Gasteiger partial charge in [0.2, 0.25) is 5.91 Å². The molecular formula is C20H22N2O5S. The van der Waals surface area contributed by atoms with Crippen LogP contribution in [0.15, 0.2) is 18.2 Å². The SMILES string of the molecule is COC(=O)c1ccc(NCC(=O)Nc2sc3c(c2C(=O)OC)CCC3)c(C)c1. The molecule has 148 valence electrons. The monoisotopic (exact) mass is 402 g/mol. The number of carbonyl (C=O) groups excluding carboxylic acids is 3. The lowest BCUT2D eigenvalue weighted by Crippen LogP contribution is -2.23. The fourth-order valence-electron chi connectivity index (χ4n) is 3.26. The van der Waals surface area contributed by atoms with Crippen molar-refractivity contribution >= 4 is 39.9 Å². The third-order valence-electron chi connectivity index (χ3n) is 4.65. The van der Waals surface area contributed by atoms with Gasteiger partial charge in [0, 0.05) is 10.6 Å². The molecule has 0 radical (unpaired) electrons. The lowest BCUT2D eigenvalue weighted by molar-refractivity contribution is -0.114. The Morgan fingerprint density at radius 2 is 1.86 bits per heavy atom. The molecule has 2 N–H and O–H groups in total. The molecule has 1 heterocycles. The first-order valence-corrected chi connectivity index (χ1v) is 9.71. The lowest BCUT2D eigenvalue weighted by Gasteiger charge is -2.11. The number of fused-ring (bicyclic) bond motifs is 1. The van der Waals surface area contributed by atoms with Crippen molar-refractivity contribution in [3.63, 3.8) is 0 Å². The molecule has 0 saturated carbocycles. The van der Waals surface area contributed by atoms with Crippen molar-refractivity contribution in [1.29, 1.82) is 0 Å². The van der Waals surface area contributed by atoms with Gasteiger partial charge in [-0.3, -0.25) is 4.79 Å². The van der Waals surface area contributed by atoms with Gasteiger partial charge in [0.1, 0.15) is 5.00 Å². The molecule has 8 heteroatoms. The molecule has 0 spiro atoms. The van der Waals surface area contributed by atoms with Crippen LogP contribution in [0.4, 0.5) is 10.7 Å². The number of aryl methyl sites for hydroxylation is 2. The van der Waals surface area contributed by atoms with Crippen LogP contribution in [-0.2, 0) is 27.1 Å². The van der Waals surface area contributed by atoms with Gasteiger partial charge in [-0.2, -0.15) is 0 Å². The maximum absolute atomic E-state index is 12.4. The van der Waals surface area contributed by atoms with E-state index in [0.717, 1.165) is 41.0 Å². The van der Waals surface area contributed by atoms with Crippen molar-refractivity contribution < 1.29 is 23.9 Å². The lowest BCUT2D eigenvalue weighted by atomic mass is 10.1. The van der Waals surface area contributed by atoms with Gasteiger partial charge in [-0.25, -0.2) is 9.59 Å². The Bertz CT molecular complexity index is 935. The van der Waals surface area contributed by atoms with Crippen LogP contribution < -0.4 is 10.6 Å². The van der Waals surface area contributed by atoms with Gasteiger partial charge in [-0.15, -0.1) is 11.3 Å². The molecule has 1 aliphatic carbocycles. The van der Waals surface area contributed by atoms with Crippen molar-refractivity contribution in [2.75, 3.05) is 31.4 Å². The average Bonchev–Trinajstić information content (AvgIpc) is 3.26. The summed E-state index contributed by atoms with van der Waals surface area (Å²) in [4.78, 5) is 37.3. The zero-order chi connectivity index (χ0) is 20.3. The fraction of sp³-hybridized carbons (Fsp3) is 0.350. The summed E-state index contributed by atoms with van der Waals surface area (Å²) >= 11 is 1.44. The number of rotatable bonds is 6. The molecule has 1 amide bonds. The maximum Gasteiger partial charge on any atom is 0.341 e. The van der Waals surface area contributed by atoms with Crippen LogP contribution in [0.1, 0.15) is 43.1 Å². The highest BCUT2D eigenvalue weighted by molar-refractivity contribution is 7.17. The number of hydrogen-bond acceptors (Lipinski definition) is 7. The van der Waals surface area contributed by atoms with Crippen molar-refractivity contribution in [2.45, 2.75) is 26.2 Å². The number of benzene rings is 1. The van der Waals surface area contributed by atoms with Gasteiger partial charge in [0.05, 0.1) is 31.9 Å². The zero-order valence-electron chi connectivity index (χ0n) is 16.0. The van der Waals surface area contributed by atoms with Gasteiger partial charge in [-0.1, -0.05) is 0 Å². The Labute approximate surface area is 167 Å².